The number of fused-ring (bicyclic) bond motifs is 6. The van der Waals surface area contributed by atoms with Crippen molar-refractivity contribution in [3.05, 3.63) is 107 Å². The second-order valence-corrected chi connectivity index (χ2v) is 7.93. The molecule has 0 spiro atoms. The van der Waals surface area contributed by atoms with Gasteiger partial charge in [0.15, 0.2) is 0 Å². The SMILES string of the molecule is Cn1c2ccccc2c2ccc(Cc3ccc4c(c3)Cc3ccccc3-4)cc21. The zero-order valence-corrected chi connectivity index (χ0v) is 15.9. The Morgan fingerprint density at radius 1 is 0.643 bits per heavy atom. The fourth-order valence-corrected chi connectivity index (χ4v) is 4.86. The number of aromatic nitrogens is 1. The predicted molar refractivity (Wildman–Crippen MR) is 118 cm³/mol. The maximum Gasteiger partial charge on any atom is 0.0491 e. The van der Waals surface area contributed by atoms with Gasteiger partial charge in [0, 0.05) is 28.9 Å². The van der Waals surface area contributed by atoms with Crippen LogP contribution in [0.25, 0.3) is 32.9 Å². The van der Waals surface area contributed by atoms with E-state index in [1.807, 2.05) is 0 Å². The minimum atomic E-state index is 0.973. The Morgan fingerprint density at radius 2 is 1.36 bits per heavy atom. The summed E-state index contributed by atoms with van der Waals surface area (Å²) in [5.41, 5.74) is 11.1. The maximum absolute atomic E-state index is 2.40. The van der Waals surface area contributed by atoms with Crippen molar-refractivity contribution in [2.75, 3.05) is 0 Å². The zero-order valence-electron chi connectivity index (χ0n) is 15.9. The molecule has 0 unspecified atom stereocenters. The average molecular weight is 359 g/mol. The highest BCUT2D eigenvalue weighted by Crippen LogP contribution is 2.37. The van der Waals surface area contributed by atoms with Gasteiger partial charge in [-0.25, -0.2) is 0 Å². The number of para-hydroxylation sites is 1. The Hall–Kier alpha value is -3.32. The number of aryl methyl sites for hydroxylation is 1. The molecule has 28 heavy (non-hydrogen) atoms. The van der Waals surface area contributed by atoms with Crippen molar-refractivity contribution in [3.63, 3.8) is 0 Å². The molecule has 5 aromatic rings. The van der Waals surface area contributed by atoms with Gasteiger partial charge in [-0.1, -0.05) is 72.8 Å². The maximum atomic E-state index is 2.40. The van der Waals surface area contributed by atoms with Gasteiger partial charge in [-0.15, -0.1) is 0 Å². The topological polar surface area (TPSA) is 4.93 Å². The molecule has 0 radical (unpaired) electrons. The fourth-order valence-electron chi connectivity index (χ4n) is 4.86. The van der Waals surface area contributed by atoms with Gasteiger partial charge in [0.25, 0.3) is 0 Å². The normalized spacial score (nSPS) is 12.5. The van der Waals surface area contributed by atoms with E-state index in [0.717, 1.165) is 12.8 Å². The molecule has 0 bridgehead atoms. The van der Waals surface area contributed by atoms with E-state index in [-0.39, 0.29) is 0 Å². The lowest BCUT2D eigenvalue weighted by atomic mass is 9.98. The molecule has 134 valence electrons. The van der Waals surface area contributed by atoms with E-state index in [0.29, 0.717) is 0 Å². The number of benzene rings is 4. The first kappa shape index (κ1) is 15.7. The van der Waals surface area contributed by atoms with Crippen LogP contribution in [0, 0.1) is 0 Å². The second-order valence-electron chi connectivity index (χ2n) is 7.93. The lowest BCUT2D eigenvalue weighted by molar-refractivity contribution is 1.01. The number of rotatable bonds is 2. The van der Waals surface area contributed by atoms with Crippen LogP contribution in [0.5, 0.6) is 0 Å². The standard InChI is InChI=1S/C27H21N/c1-28-26-9-5-4-8-24(26)25-13-11-19(16-27(25)28)14-18-10-12-23-21(15-18)17-20-6-2-3-7-22(20)23/h2-13,15-16H,14,17H2,1H3. The first-order valence-electron chi connectivity index (χ1n) is 9.94. The van der Waals surface area contributed by atoms with Gasteiger partial charge in [0.2, 0.25) is 0 Å². The third-order valence-electron chi connectivity index (χ3n) is 6.25. The van der Waals surface area contributed by atoms with E-state index >= 15 is 0 Å². The van der Waals surface area contributed by atoms with Crippen LogP contribution < -0.4 is 0 Å². The summed E-state index contributed by atoms with van der Waals surface area (Å²) in [5.74, 6) is 0. The summed E-state index contributed by atoms with van der Waals surface area (Å²) in [5, 5.41) is 2.67. The van der Waals surface area contributed by atoms with Gasteiger partial charge in [0.1, 0.15) is 0 Å². The Labute approximate surface area is 164 Å². The van der Waals surface area contributed by atoms with E-state index in [1.165, 1.54) is 55.2 Å². The number of hydrogen-bond donors (Lipinski definition) is 0. The van der Waals surface area contributed by atoms with Crippen LogP contribution in [0.3, 0.4) is 0 Å². The molecule has 1 nitrogen and oxygen atoms in total. The molecule has 1 heterocycles. The van der Waals surface area contributed by atoms with Gasteiger partial charge < -0.3 is 4.57 Å². The number of hydrogen-bond acceptors (Lipinski definition) is 0. The van der Waals surface area contributed by atoms with Crippen LogP contribution >= 0.6 is 0 Å². The van der Waals surface area contributed by atoms with E-state index in [9.17, 15) is 0 Å². The Kier molecular flexibility index (Phi) is 3.28. The van der Waals surface area contributed by atoms with E-state index in [2.05, 4.69) is 96.5 Å². The molecular formula is C27H21N. The molecular weight excluding hydrogens is 338 g/mol. The van der Waals surface area contributed by atoms with Crippen LogP contribution in [0.15, 0.2) is 84.9 Å². The minimum absolute atomic E-state index is 0.973. The molecule has 0 aliphatic heterocycles. The van der Waals surface area contributed by atoms with Crippen molar-refractivity contribution in [1.29, 1.82) is 0 Å². The van der Waals surface area contributed by atoms with E-state index in [4.69, 9.17) is 0 Å². The molecule has 0 N–H and O–H groups in total. The van der Waals surface area contributed by atoms with Gasteiger partial charge in [-0.05, 0) is 58.4 Å². The Bertz CT molecular complexity index is 1370. The molecule has 0 saturated carbocycles. The number of nitrogens with zero attached hydrogens (tertiary/aromatic N) is 1. The quantitative estimate of drug-likeness (QED) is 0.333. The Morgan fingerprint density at radius 3 is 2.32 bits per heavy atom. The minimum Gasteiger partial charge on any atom is -0.344 e. The highest BCUT2D eigenvalue weighted by molar-refractivity contribution is 6.08. The summed E-state index contributed by atoms with van der Waals surface area (Å²) in [6.45, 7) is 0. The fraction of sp³-hybridized carbons (Fsp3) is 0.111. The molecule has 4 aromatic carbocycles. The smallest absolute Gasteiger partial charge is 0.0491 e. The lowest BCUT2D eigenvalue weighted by Gasteiger charge is -2.07. The van der Waals surface area contributed by atoms with Gasteiger partial charge >= 0.3 is 0 Å². The van der Waals surface area contributed by atoms with Crippen LogP contribution in [-0.2, 0) is 19.9 Å². The van der Waals surface area contributed by atoms with Crippen molar-refractivity contribution in [1.82, 2.24) is 4.57 Å². The van der Waals surface area contributed by atoms with Crippen LogP contribution in [0.1, 0.15) is 22.3 Å². The molecule has 0 fully saturated rings. The largest absolute Gasteiger partial charge is 0.344 e. The molecule has 1 heteroatoms. The summed E-state index contributed by atoms with van der Waals surface area (Å²) < 4.78 is 2.31. The zero-order chi connectivity index (χ0) is 18.7. The van der Waals surface area contributed by atoms with Crippen LogP contribution in [0.2, 0.25) is 0 Å². The molecule has 6 rings (SSSR count). The van der Waals surface area contributed by atoms with E-state index in [1.54, 1.807) is 0 Å². The van der Waals surface area contributed by atoms with E-state index < -0.39 is 0 Å². The van der Waals surface area contributed by atoms with Gasteiger partial charge in [-0.2, -0.15) is 0 Å². The monoisotopic (exact) mass is 359 g/mol. The highest BCUT2D eigenvalue weighted by atomic mass is 14.9. The van der Waals surface area contributed by atoms with Crippen molar-refractivity contribution in [2.24, 2.45) is 7.05 Å². The summed E-state index contributed by atoms with van der Waals surface area (Å²) in [6.07, 6.45) is 2.03. The Balaban J connectivity index is 1.39. The molecule has 1 aromatic heterocycles. The molecule has 1 aliphatic carbocycles. The summed E-state index contributed by atoms with van der Waals surface area (Å²) >= 11 is 0. The first-order chi connectivity index (χ1) is 13.8. The third kappa shape index (κ3) is 2.26. The molecule has 0 saturated heterocycles. The first-order valence-corrected chi connectivity index (χ1v) is 9.94. The van der Waals surface area contributed by atoms with Crippen molar-refractivity contribution in [2.45, 2.75) is 12.8 Å². The molecule has 1 aliphatic rings. The molecule has 0 amide bonds. The second kappa shape index (κ2) is 5.84. The average Bonchev–Trinajstić information content (AvgIpc) is 3.23. The van der Waals surface area contributed by atoms with Gasteiger partial charge in [-0.3, -0.25) is 0 Å². The van der Waals surface area contributed by atoms with Crippen molar-refractivity contribution >= 4 is 21.8 Å². The predicted octanol–water partition coefficient (Wildman–Crippen LogP) is 6.49. The van der Waals surface area contributed by atoms with Crippen molar-refractivity contribution < 1.29 is 0 Å². The van der Waals surface area contributed by atoms with Crippen LogP contribution in [0.4, 0.5) is 0 Å². The summed E-state index contributed by atoms with van der Waals surface area (Å²) in [6, 6.07) is 31.4. The summed E-state index contributed by atoms with van der Waals surface area (Å²) in [4.78, 5) is 0. The molecule has 0 atom stereocenters. The van der Waals surface area contributed by atoms with Gasteiger partial charge in [0.05, 0.1) is 0 Å². The van der Waals surface area contributed by atoms with Crippen LogP contribution in [-0.4, -0.2) is 4.57 Å². The third-order valence-corrected chi connectivity index (χ3v) is 6.25. The highest BCUT2D eigenvalue weighted by Gasteiger charge is 2.18. The lowest BCUT2D eigenvalue weighted by Crippen LogP contribution is -1.92. The van der Waals surface area contributed by atoms with Crippen molar-refractivity contribution in [3.8, 4) is 11.1 Å². The summed E-state index contributed by atoms with van der Waals surface area (Å²) in [7, 11) is 2.17.